The van der Waals surface area contributed by atoms with Gasteiger partial charge in [0.2, 0.25) is 0 Å². The normalized spacial score (nSPS) is 16.3. The number of aromatic carboxylic acids is 1. The highest BCUT2D eigenvalue weighted by molar-refractivity contribution is 7.14. The monoisotopic (exact) mass is 226 g/mol. The van der Waals surface area contributed by atoms with E-state index < -0.39 is 5.97 Å². The summed E-state index contributed by atoms with van der Waals surface area (Å²) in [5.74, 6) is -0.849. The predicted octanol–water partition coefficient (Wildman–Crippen LogP) is 2.82. The standard InChI is InChI=1S/C11H14O3S/c1-7-8(5-10(15-7)11(12)13)6-14-9-3-2-4-9/h5,9H,2-4,6H2,1H3,(H,12,13). The predicted molar refractivity (Wildman–Crippen MR) is 58.4 cm³/mol. The van der Waals surface area contributed by atoms with Crippen molar-refractivity contribution >= 4 is 17.3 Å². The maximum Gasteiger partial charge on any atom is 0.345 e. The second-order valence-corrected chi connectivity index (χ2v) is 5.12. The van der Waals surface area contributed by atoms with Gasteiger partial charge in [-0.1, -0.05) is 0 Å². The summed E-state index contributed by atoms with van der Waals surface area (Å²) in [6.07, 6.45) is 3.95. The molecular weight excluding hydrogens is 212 g/mol. The van der Waals surface area contributed by atoms with Crippen LogP contribution in [0.1, 0.15) is 39.4 Å². The second-order valence-electron chi connectivity index (χ2n) is 3.86. The molecule has 1 aromatic heterocycles. The number of carboxylic acids is 1. The Balaban J connectivity index is 1.97. The van der Waals surface area contributed by atoms with Gasteiger partial charge in [0.25, 0.3) is 0 Å². The Morgan fingerprint density at radius 1 is 1.67 bits per heavy atom. The maximum atomic E-state index is 10.7. The van der Waals surface area contributed by atoms with E-state index in [4.69, 9.17) is 9.84 Å². The fraction of sp³-hybridized carbons (Fsp3) is 0.545. The molecule has 1 aliphatic carbocycles. The zero-order chi connectivity index (χ0) is 10.8. The van der Waals surface area contributed by atoms with Crippen molar-refractivity contribution in [1.29, 1.82) is 0 Å². The topological polar surface area (TPSA) is 46.5 Å². The summed E-state index contributed by atoms with van der Waals surface area (Å²) in [6, 6.07) is 1.72. The number of hydrogen-bond acceptors (Lipinski definition) is 3. The molecule has 1 N–H and O–H groups in total. The fourth-order valence-electron chi connectivity index (χ4n) is 1.51. The van der Waals surface area contributed by atoms with Gasteiger partial charge >= 0.3 is 5.97 Å². The first-order valence-corrected chi connectivity index (χ1v) is 5.92. The minimum atomic E-state index is -0.849. The van der Waals surface area contributed by atoms with Crippen molar-refractivity contribution < 1.29 is 14.6 Å². The van der Waals surface area contributed by atoms with Crippen LogP contribution in [0.15, 0.2) is 6.07 Å². The van der Waals surface area contributed by atoms with Crippen LogP contribution >= 0.6 is 11.3 Å². The van der Waals surface area contributed by atoms with Crippen molar-refractivity contribution in [2.75, 3.05) is 0 Å². The molecule has 3 nitrogen and oxygen atoms in total. The molecule has 0 bridgehead atoms. The number of carboxylic acid groups (broad SMARTS) is 1. The van der Waals surface area contributed by atoms with Crippen LogP contribution < -0.4 is 0 Å². The smallest absolute Gasteiger partial charge is 0.345 e. The molecule has 1 aliphatic rings. The molecule has 0 spiro atoms. The molecule has 1 heterocycles. The number of ether oxygens (including phenoxy) is 1. The van der Waals surface area contributed by atoms with Gasteiger partial charge in [0, 0.05) is 4.88 Å². The summed E-state index contributed by atoms with van der Waals surface area (Å²) in [5, 5.41) is 8.83. The molecule has 0 saturated heterocycles. The Bertz CT molecular complexity index is 366. The van der Waals surface area contributed by atoms with Crippen LogP contribution in [0.3, 0.4) is 0 Å². The Kier molecular flexibility index (Phi) is 3.07. The van der Waals surface area contributed by atoms with Crippen molar-refractivity contribution in [3.05, 3.63) is 21.4 Å². The number of hydrogen-bond donors (Lipinski definition) is 1. The third-order valence-corrected chi connectivity index (χ3v) is 3.84. The molecule has 4 heteroatoms. The van der Waals surface area contributed by atoms with E-state index in [2.05, 4.69) is 0 Å². The molecule has 1 fully saturated rings. The Hall–Kier alpha value is -0.870. The van der Waals surface area contributed by atoms with Gasteiger partial charge in [0.05, 0.1) is 12.7 Å². The number of thiophene rings is 1. The third-order valence-electron chi connectivity index (χ3n) is 2.76. The number of rotatable bonds is 4. The highest BCUT2D eigenvalue weighted by Crippen LogP contribution is 2.26. The quantitative estimate of drug-likeness (QED) is 0.858. The summed E-state index contributed by atoms with van der Waals surface area (Å²) in [5.41, 5.74) is 1.02. The van der Waals surface area contributed by atoms with E-state index in [1.165, 1.54) is 17.8 Å². The van der Waals surface area contributed by atoms with Gasteiger partial charge in [-0.25, -0.2) is 4.79 Å². The third kappa shape index (κ3) is 2.38. The molecule has 1 aromatic rings. The van der Waals surface area contributed by atoms with Crippen molar-refractivity contribution in [2.45, 2.75) is 38.9 Å². The fourth-order valence-corrected chi connectivity index (χ4v) is 2.38. The minimum absolute atomic E-state index is 0.401. The van der Waals surface area contributed by atoms with Gasteiger partial charge in [0.15, 0.2) is 0 Å². The van der Waals surface area contributed by atoms with E-state index >= 15 is 0 Å². The molecule has 0 aliphatic heterocycles. The van der Waals surface area contributed by atoms with Crippen molar-refractivity contribution in [2.24, 2.45) is 0 Å². The lowest BCUT2D eigenvalue weighted by Crippen LogP contribution is -2.21. The Labute approximate surface area is 92.7 Å². The molecule has 2 rings (SSSR count). The minimum Gasteiger partial charge on any atom is -0.477 e. The van der Waals surface area contributed by atoms with Crippen LogP contribution in [0.5, 0.6) is 0 Å². The molecule has 82 valence electrons. The zero-order valence-electron chi connectivity index (χ0n) is 8.66. The van der Waals surface area contributed by atoms with E-state index in [1.807, 2.05) is 6.92 Å². The first-order chi connectivity index (χ1) is 7.16. The van der Waals surface area contributed by atoms with E-state index in [-0.39, 0.29) is 0 Å². The van der Waals surface area contributed by atoms with Crippen LogP contribution in [0.2, 0.25) is 0 Å². The average Bonchev–Trinajstić information content (AvgIpc) is 2.45. The van der Waals surface area contributed by atoms with Gasteiger partial charge in [-0.3, -0.25) is 0 Å². The molecule has 0 aromatic carbocycles. The molecule has 0 amide bonds. The van der Waals surface area contributed by atoms with Gasteiger partial charge in [-0.15, -0.1) is 11.3 Å². The molecule has 1 saturated carbocycles. The van der Waals surface area contributed by atoms with Gasteiger partial charge in [0.1, 0.15) is 4.88 Å². The summed E-state index contributed by atoms with van der Waals surface area (Å²) >= 11 is 1.32. The van der Waals surface area contributed by atoms with Crippen LogP contribution in [0, 0.1) is 6.92 Å². The number of aryl methyl sites for hydroxylation is 1. The molecule has 0 atom stereocenters. The van der Waals surface area contributed by atoms with Crippen molar-refractivity contribution in [1.82, 2.24) is 0 Å². The van der Waals surface area contributed by atoms with E-state index in [0.29, 0.717) is 17.6 Å². The average molecular weight is 226 g/mol. The molecular formula is C11H14O3S. The van der Waals surface area contributed by atoms with Gasteiger partial charge in [-0.05, 0) is 37.8 Å². The van der Waals surface area contributed by atoms with Crippen molar-refractivity contribution in [3.63, 3.8) is 0 Å². The number of carbonyl (C=O) groups is 1. The largest absolute Gasteiger partial charge is 0.477 e. The molecule has 15 heavy (non-hydrogen) atoms. The summed E-state index contributed by atoms with van der Waals surface area (Å²) in [4.78, 5) is 12.2. The zero-order valence-corrected chi connectivity index (χ0v) is 9.47. The molecule has 0 unspecified atom stereocenters. The second kappa shape index (κ2) is 4.33. The van der Waals surface area contributed by atoms with Crippen molar-refractivity contribution in [3.8, 4) is 0 Å². The highest BCUT2D eigenvalue weighted by atomic mass is 32.1. The lowest BCUT2D eigenvalue weighted by molar-refractivity contribution is -0.00870. The van der Waals surface area contributed by atoms with Crippen LogP contribution in [0.25, 0.3) is 0 Å². The van der Waals surface area contributed by atoms with Gasteiger partial charge < -0.3 is 9.84 Å². The van der Waals surface area contributed by atoms with E-state index in [1.54, 1.807) is 6.07 Å². The molecule has 0 radical (unpaired) electrons. The Morgan fingerprint density at radius 2 is 2.40 bits per heavy atom. The van der Waals surface area contributed by atoms with Crippen LogP contribution in [0.4, 0.5) is 0 Å². The first-order valence-electron chi connectivity index (χ1n) is 5.11. The maximum absolute atomic E-state index is 10.7. The first kappa shape index (κ1) is 10.6. The van der Waals surface area contributed by atoms with E-state index in [0.717, 1.165) is 23.3 Å². The highest BCUT2D eigenvalue weighted by Gasteiger charge is 2.19. The Morgan fingerprint density at radius 3 is 2.87 bits per heavy atom. The lowest BCUT2D eigenvalue weighted by atomic mass is 9.96. The van der Waals surface area contributed by atoms with Gasteiger partial charge in [-0.2, -0.15) is 0 Å². The van der Waals surface area contributed by atoms with Crippen LogP contribution in [-0.4, -0.2) is 17.2 Å². The summed E-state index contributed by atoms with van der Waals surface area (Å²) in [7, 11) is 0. The van der Waals surface area contributed by atoms with E-state index in [9.17, 15) is 4.79 Å². The SMILES string of the molecule is Cc1sc(C(=O)O)cc1COC1CCC1. The summed E-state index contributed by atoms with van der Waals surface area (Å²) < 4.78 is 5.65. The lowest BCUT2D eigenvalue weighted by Gasteiger charge is -2.25. The van der Waals surface area contributed by atoms with Crippen LogP contribution in [-0.2, 0) is 11.3 Å². The summed E-state index contributed by atoms with van der Waals surface area (Å²) in [6.45, 7) is 2.50.